The van der Waals surface area contributed by atoms with Crippen molar-refractivity contribution in [2.75, 3.05) is 0 Å². The van der Waals surface area contributed by atoms with Crippen molar-refractivity contribution in [3.8, 4) is 0 Å². The van der Waals surface area contributed by atoms with Gasteiger partial charge in [-0.25, -0.2) is 0 Å². The van der Waals surface area contributed by atoms with Gasteiger partial charge in [-0.3, -0.25) is 10.1 Å². The molecule has 2 unspecified atom stereocenters. The van der Waals surface area contributed by atoms with Crippen molar-refractivity contribution in [1.82, 2.24) is 5.32 Å². The Bertz CT molecular complexity index is 618. The summed E-state index contributed by atoms with van der Waals surface area (Å²) in [7, 11) is 0. The second-order valence-electron chi connectivity index (χ2n) is 5.47. The van der Waals surface area contributed by atoms with Crippen molar-refractivity contribution >= 4 is 16.7 Å². The van der Waals surface area contributed by atoms with Crippen molar-refractivity contribution in [3.05, 3.63) is 48.0 Å². The number of carbonyl (C=O) groups is 1. The molecule has 0 spiro atoms. The first-order chi connectivity index (χ1) is 9.49. The van der Waals surface area contributed by atoms with Crippen LogP contribution in [0.25, 0.3) is 10.8 Å². The molecule has 106 valence electrons. The van der Waals surface area contributed by atoms with Crippen LogP contribution < -0.4 is 11.1 Å². The molecule has 3 heteroatoms. The lowest BCUT2D eigenvalue weighted by molar-refractivity contribution is -0.124. The summed E-state index contributed by atoms with van der Waals surface area (Å²) >= 11 is 0. The molecular formula is C17H22N2O. The Hall–Kier alpha value is -1.87. The van der Waals surface area contributed by atoms with Gasteiger partial charge in [-0.2, -0.15) is 0 Å². The van der Waals surface area contributed by atoms with E-state index in [0.717, 1.165) is 22.8 Å². The Balaban J connectivity index is 2.60. The minimum Gasteiger partial charge on any atom is -0.368 e. The number of rotatable bonds is 5. The van der Waals surface area contributed by atoms with Gasteiger partial charge in [0.2, 0.25) is 5.91 Å². The second kappa shape index (κ2) is 5.63. The molecule has 1 amide bonds. The number of primary amides is 1. The predicted molar refractivity (Wildman–Crippen MR) is 83.4 cm³/mol. The Kier molecular flexibility index (Phi) is 4.09. The van der Waals surface area contributed by atoms with Gasteiger partial charge in [0.1, 0.15) is 5.54 Å². The largest absolute Gasteiger partial charge is 0.368 e. The summed E-state index contributed by atoms with van der Waals surface area (Å²) in [5.74, 6) is -0.353. The van der Waals surface area contributed by atoms with Gasteiger partial charge < -0.3 is 5.73 Å². The molecule has 0 aliphatic heterocycles. The zero-order valence-electron chi connectivity index (χ0n) is 12.3. The minimum absolute atomic E-state index is 0.214. The molecule has 20 heavy (non-hydrogen) atoms. The smallest absolute Gasteiger partial charge is 0.242 e. The lowest BCUT2D eigenvalue weighted by Gasteiger charge is -2.32. The van der Waals surface area contributed by atoms with Crippen LogP contribution >= 0.6 is 0 Å². The van der Waals surface area contributed by atoms with Crippen molar-refractivity contribution in [2.24, 2.45) is 5.73 Å². The monoisotopic (exact) mass is 270 g/mol. The highest BCUT2D eigenvalue weighted by Gasteiger charge is 2.35. The molecular weight excluding hydrogens is 248 g/mol. The number of carbonyl (C=O) groups excluding carboxylic acids is 1. The molecule has 3 N–H and O–H groups in total. The highest BCUT2D eigenvalue weighted by Crippen LogP contribution is 2.29. The van der Waals surface area contributed by atoms with Crippen molar-refractivity contribution < 1.29 is 4.79 Å². The van der Waals surface area contributed by atoms with Gasteiger partial charge >= 0.3 is 0 Å². The summed E-state index contributed by atoms with van der Waals surface area (Å²) in [6, 6.07) is 14.3. The summed E-state index contributed by atoms with van der Waals surface area (Å²) in [6.07, 6.45) is 0.938. The van der Waals surface area contributed by atoms with Gasteiger partial charge in [0.05, 0.1) is 0 Å². The summed E-state index contributed by atoms with van der Waals surface area (Å²) in [4.78, 5) is 12.1. The van der Waals surface area contributed by atoms with Crippen LogP contribution in [-0.4, -0.2) is 11.9 Å². The average molecular weight is 270 g/mol. The van der Waals surface area contributed by atoms with Crippen molar-refractivity contribution in [2.45, 2.75) is 38.8 Å². The normalized spacial score (nSPS) is 15.8. The fourth-order valence-corrected chi connectivity index (χ4v) is 2.54. The highest BCUT2D eigenvalue weighted by molar-refractivity contribution is 5.94. The fraction of sp³-hybridized carbons (Fsp3) is 0.353. The molecule has 0 aromatic heterocycles. The molecule has 2 rings (SSSR count). The van der Waals surface area contributed by atoms with Crippen LogP contribution in [0.15, 0.2) is 42.5 Å². The third-order valence-corrected chi connectivity index (χ3v) is 3.97. The molecule has 2 aromatic rings. The number of amides is 1. The summed E-state index contributed by atoms with van der Waals surface area (Å²) in [5.41, 5.74) is 5.76. The van der Waals surface area contributed by atoms with E-state index in [1.165, 1.54) is 0 Å². The maximum absolute atomic E-state index is 12.1. The zero-order chi connectivity index (χ0) is 14.8. The van der Waals surface area contributed by atoms with Crippen LogP contribution in [0.5, 0.6) is 0 Å². The third kappa shape index (κ3) is 2.54. The molecule has 0 fully saturated rings. The first-order valence-electron chi connectivity index (χ1n) is 7.05. The second-order valence-corrected chi connectivity index (χ2v) is 5.47. The van der Waals surface area contributed by atoms with Crippen LogP contribution in [0.1, 0.15) is 32.8 Å². The van der Waals surface area contributed by atoms with Gasteiger partial charge in [0.25, 0.3) is 0 Å². The van der Waals surface area contributed by atoms with E-state index in [-0.39, 0.29) is 11.9 Å². The third-order valence-electron chi connectivity index (χ3n) is 3.97. The first kappa shape index (κ1) is 14.5. The zero-order valence-corrected chi connectivity index (χ0v) is 12.3. The van der Waals surface area contributed by atoms with E-state index in [1.807, 2.05) is 49.4 Å². The maximum atomic E-state index is 12.1. The molecule has 2 aromatic carbocycles. The van der Waals surface area contributed by atoms with Gasteiger partial charge in [0.15, 0.2) is 0 Å². The van der Waals surface area contributed by atoms with E-state index >= 15 is 0 Å². The summed E-state index contributed by atoms with van der Waals surface area (Å²) in [5, 5.41) is 5.55. The van der Waals surface area contributed by atoms with Crippen molar-refractivity contribution in [3.63, 3.8) is 0 Å². The van der Waals surface area contributed by atoms with Crippen molar-refractivity contribution in [1.29, 1.82) is 0 Å². The molecule has 3 nitrogen and oxygen atoms in total. The number of benzene rings is 2. The molecule has 0 aliphatic rings. The van der Waals surface area contributed by atoms with Gasteiger partial charge in [0, 0.05) is 6.04 Å². The molecule has 0 radical (unpaired) electrons. The standard InChI is InChI=1S/C17H22N2O/c1-4-12(2)19-17(3,16(18)20)15-11-7-9-13-8-5-6-10-14(13)15/h5-12,19H,4H2,1-3H3,(H2,18,20). The van der Waals surface area contributed by atoms with E-state index in [2.05, 4.69) is 19.2 Å². The minimum atomic E-state index is -0.865. The Labute approximate surface area is 120 Å². The SMILES string of the molecule is CCC(C)NC(C)(C(N)=O)c1cccc2ccccc12. The molecule has 0 heterocycles. The Morgan fingerprint density at radius 2 is 1.90 bits per heavy atom. The molecule has 0 aliphatic carbocycles. The number of nitrogens with one attached hydrogen (secondary N) is 1. The van der Waals surface area contributed by atoms with Crippen LogP contribution in [0.4, 0.5) is 0 Å². The topological polar surface area (TPSA) is 55.1 Å². The maximum Gasteiger partial charge on any atom is 0.242 e. The van der Waals surface area contributed by atoms with E-state index in [4.69, 9.17) is 5.73 Å². The first-order valence-corrected chi connectivity index (χ1v) is 7.05. The predicted octanol–water partition coefficient (Wildman–Crippen LogP) is 2.93. The number of nitrogens with two attached hydrogens (primary N) is 1. The molecule has 0 saturated heterocycles. The van der Waals surface area contributed by atoms with Crippen LogP contribution in [0, 0.1) is 0 Å². The Morgan fingerprint density at radius 3 is 2.55 bits per heavy atom. The summed E-state index contributed by atoms with van der Waals surface area (Å²) < 4.78 is 0. The van der Waals surface area contributed by atoms with E-state index < -0.39 is 5.54 Å². The quantitative estimate of drug-likeness (QED) is 0.877. The Morgan fingerprint density at radius 1 is 1.25 bits per heavy atom. The number of hydrogen-bond donors (Lipinski definition) is 2. The molecule has 0 bridgehead atoms. The van der Waals surface area contributed by atoms with E-state index in [0.29, 0.717) is 0 Å². The average Bonchev–Trinajstić information content (AvgIpc) is 2.46. The highest BCUT2D eigenvalue weighted by atomic mass is 16.1. The number of fused-ring (bicyclic) bond motifs is 1. The van der Waals surface area contributed by atoms with Gasteiger partial charge in [-0.15, -0.1) is 0 Å². The molecule has 0 saturated carbocycles. The lowest BCUT2D eigenvalue weighted by Crippen LogP contribution is -2.53. The van der Waals surface area contributed by atoms with Crippen LogP contribution in [0.2, 0.25) is 0 Å². The van der Waals surface area contributed by atoms with Crippen LogP contribution in [0.3, 0.4) is 0 Å². The summed E-state index contributed by atoms with van der Waals surface area (Å²) in [6.45, 7) is 6.01. The number of hydrogen-bond acceptors (Lipinski definition) is 2. The fourth-order valence-electron chi connectivity index (χ4n) is 2.54. The lowest BCUT2D eigenvalue weighted by atomic mass is 9.86. The molecule has 2 atom stereocenters. The van der Waals surface area contributed by atoms with E-state index in [1.54, 1.807) is 0 Å². The van der Waals surface area contributed by atoms with Crippen LogP contribution in [-0.2, 0) is 10.3 Å². The van der Waals surface area contributed by atoms with Gasteiger partial charge in [-0.1, -0.05) is 49.4 Å². The van der Waals surface area contributed by atoms with E-state index in [9.17, 15) is 4.79 Å². The van der Waals surface area contributed by atoms with Gasteiger partial charge in [-0.05, 0) is 36.6 Å².